The van der Waals surface area contributed by atoms with Crippen LogP contribution in [0.3, 0.4) is 0 Å². The fourth-order valence-corrected chi connectivity index (χ4v) is 3.81. The van der Waals surface area contributed by atoms with Gasteiger partial charge in [-0.1, -0.05) is 6.07 Å². The molecule has 7 heteroatoms. The molecule has 142 valence electrons. The number of ether oxygens (including phenoxy) is 3. The molecule has 0 radical (unpaired) electrons. The molecule has 26 heavy (non-hydrogen) atoms. The van der Waals surface area contributed by atoms with Crippen molar-refractivity contribution in [1.29, 1.82) is 0 Å². The molecule has 1 amide bonds. The number of amides is 1. The second-order valence-electron chi connectivity index (χ2n) is 7.11. The minimum atomic E-state index is -0.0548. The molecule has 3 aliphatic heterocycles. The van der Waals surface area contributed by atoms with Crippen molar-refractivity contribution < 1.29 is 19.0 Å². The van der Waals surface area contributed by atoms with Gasteiger partial charge in [-0.2, -0.15) is 0 Å². The fraction of sp³-hybridized carbons (Fsp3) is 0.632. The molecule has 0 bridgehead atoms. The lowest BCUT2D eigenvalue weighted by Gasteiger charge is -2.39. The molecule has 1 unspecified atom stereocenters. The molecule has 0 aromatic heterocycles. The zero-order valence-corrected chi connectivity index (χ0v) is 15.4. The van der Waals surface area contributed by atoms with Gasteiger partial charge in [-0.3, -0.25) is 14.6 Å². The monoisotopic (exact) mass is 361 g/mol. The molecule has 0 aliphatic carbocycles. The van der Waals surface area contributed by atoms with E-state index in [4.69, 9.17) is 14.2 Å². The average molecular weight is 361 g/mol. The predicted octanol–water partition coefficient (Wildman–Crippen LogP) is 0.780. The Labute approximate surface area is 154 Å². The summed E-state index contributed by atoms with van der Waals surface area (Å²) in [4.78, 5) is 19.3. The quantitative estimate of drug-likeness (QED) is 0.790. The van der Waals surface area contributed by atoms with Crippen molar-refractivity contribution in [2.45, 2.75) is 19.5 Å². The molecule has 3 heterocycles. The van der Waals surface area contributed by atoms with Crippen LogP contribution in [0.5, 0.6) is 11.5 Å². The largest absolute Gasteiger partial charge is 0.454 e. The summed E-state index contributed by atoms with van der Waals surface area (Å²) >= 11 is 0. The van der Waals surface area contributed by atoms with Gasteiger partial charge in [0, 0.05) is 45.8 Å². The summed E-state index contributed by atoms with van der Waals surface area (Å²) in [6, 6.07) is 6.10. The van der Waals surface area contributed by atoms with E-state index in [2.05, 4.69) is 21.9 Å². The first-order valence-electron chi connectivity index (χ1n) is 9.42. The van der Waals surface area contributed by atoms with E-state index in [9.17, 15) is 4.79 Å². The lowest BCUT2D eigenvalue weighted by atomic mass is 10.1. The maximum atomic E-state index is 12.7. The second-order valence-corrected chi connectivity index (χ2v) is 7.11. The van der Waals surface area contributed by atoms with Gasteiger partial charge in [0.2, 0.25) is 12.7 Å². The molecule has 4 rings (SSSR count). The van der Waals surface area contributed by atoms with Gasteiger partial charge in [-0.05, 0) is 24.6 Å². The number of nitrogens with zero attached hydrogens (tertiary/aromatic N) is 3. The first-order valence-corrected chi connectivity index (χ1v) is 9.42. The Morgan fingerprint density at radius 2 is 1.77 bits per heavy atom. The van der Waals surface area contributed by atoms with Gasteiger partial charge >= 0.3 is 0 Å². The number of carbonyl (C=O) groups is 1. The van der Waals surface area contributed by atoms with Gasteiger partial charge in [-0.15, -0.1) is 0 Å². The van der Waals surface area contributed by atoms with E-state index in [1.165, 1.54) is 5.56 Å². The Bertz CT molecular complexity index is 640. The van der Waals surface area contributed by atoms with E-state index in [1.54, 1.807) is 0 Å². The smallest absolute Gasteiger partial charge is 0.239 e. The maximum absolute atomic E-state index is 12.7. The molecule has 1 aromatic rings. The number of benzene rings is 1. The topological polar surface area (TPSA) is 54.5 Å². The van der Waals surface area contributed by atoms with Gasteiger partial charge in [0.25, 0.3) is 0 Å². The summed E-state index contributed by atoms with van der Waals surface area (Å²) in [6.07, 6.45) is 0. The van der Waals surface area contributed by atoms with Gasteiger partial charge in [0.05, 0.1) is 19.3 Å². The normalized spacial score (nSPS) is 22.4. The Kier molecular flexibility index (Phi) is 5.28. The van der Waals surface area contributed by atoms with Crippen LogP contribution >= 0.6 is 0 Å². The van der Waals surface area contributed by atoms with Crippen molar-refractivity contribution in [1.82, 2.24) is 14.7 Å². The zero-order chi connectivity index (χ0) is 17.9. The van der Waals surface area contributed by atoms with Crippen molar-refractivity contribution >= 4 is 5.91 Å². The van der Waals surface area contributed by atoms with Gasteiger partial charge in [0.15, 0.2) is 11.5 Å². The highest BCUT2D eigenvalue weighted by atomic mass is 16.7. The number of morpholine rings is 1. The first-order chi connectivity index (χ1) is 12.7. The highest BCUT2D eigenvalue weighted by Gasteiger charge is 2.29. The second kappa shape index (κ2) is 7.82. The molecule has 2 fully saturated rings. The number of hydrogen-bond acceptors (Lipinski definition) is 6. The summed E-state index contributed by atoms with van der Waals surface area (Å²) < 4.78 is 16.2. The molecule has 0 N–H and O–H groups in total. The number of rotatable bonds is 4. The third kappa shape index (κ3) is 3.79. The highest BCUT2D eigenvalue weighted by molar-refractivity contribution is 5.81. The van der Waals surface area contributed by atoms with E-state index >= 15 is 0 Å². The summed E-state index contributed by atoms with van der Waals surface area (Å²) in [5.74, 6) is 1.90. The van der Waals surface area contributed by atoms with Crippen molar-refractivity contribution in [2.75, 3.05) is 59.3 Å². The minimum Gasteiger partial charge on any atom is -0.454 e. The molecular weight excluding hydrogens is 334 g/mol. The molecule has 7 nitrogen and oxygen atoms in total. The van der Waals surface area contributed by atoms with Crippen molar-refractivity contribution in [3.8, 4) is 11.5 Å². The van der Waals surface area contributed by atoms with Crippen LogP contribution in [0.25, 0.3) is 0 Å². The summed E-state index contributed by atoms with van der Waals surface area (Å²) in [7, 11) is 0. The number of hydrogen-bond donors (Lipinski definition) is 0. The maximum Gasteiger partial charge on any atom is 0.239 e. The van der Waals surface area contributed by atoms with Gasteiger partial charge < -0.3 is 19.1 Å². The van der Waals surface area contributed by atoms with E-state index in [-0.39, 0.29) is 11.9 Å². The predicted molar refractivity (Wildman–Crippen MR) is 96.3 cm³/mol. The van der Waals surface area contributed by atoms with Crippen LogP contribution in [0.4, 0.5) is 0 Å². The van der Waals surface area contributed by atoms with E-state index in [1.807, 2.05) is 17.9 Å². The summed E-state index contributed by atoms with van der Waals surface area (Å²) in [6.45, 7) is 9.76. The van der Waals surface area contributed by atoms with Crippen LogP contribution in [0.2, 0.25) is 0 Å². The fourth-order valence-electron chi connectivity index (χ4n) is 3.81. The van der Waals surface area contributed by atoms with Gasteiger partial charge in [-0.25, -0.2) is 0 Å². The zero-order valence-electron chi connectivity index (χ0n) is 15.4. The van der Waals surface area contributed by atoms with Gasteiger partial charge in [0.1, 0.15) is 0 Å². The Morgan fingerprint density at radius 3 is 2.54 bits per heavy atom. The Morgan fingerprint density at radius 1 is 1.04 bits per heavy atom. The molecular formula is C19H27N3O4. The molecule has 2 saturated heterocycles. The molecule has 0 spiro atoms. The van der Waals surface area contributed by atoms with Crippen LogP contribution in [0.1, 0.15) is 12.5 Å². The van der Waals surface area contributed by atoms with E-state index in [0.717, 1.165) is 44.2 Å². The van der Waals surface area contributed by atoms with Crippen LogP contribution < -0.4 is 9.47 Å². The van der Waals surface area contributed by atoms with Crippen LogP contribution in [-0.2, 0) is 16.1 Å². The highest BCUT2D eigenvalue weighted by Crippen LogP contribution is 2.32. The van der Waals surface area contributed by atoms with Crippen LogP contribution in [0.15, 0.2) is 18.2 Å². The van der Waals surface area contributed by atoms with Crippen molar-refractivity contribution in [3.05, 3.63) is 23.8 Å². The number of carbonyl (C=O) groups excluding carboxylic acids is 1. The minimum absolute atomic E-state index is 0.0548. The molecule has 1 aromatic carbocycles. The summed E-state index contributed by atoms with van der Waals surface area (Å²) in [5, 5.41) is 0. The number of fused-ring (bicyclic) bond motifs is 1. The standard InChI is InChI=1S/C19H27N3O4/c1-15(19(23)22-8-10-24-11-9-22)21-6-4-20(5-7-21)13-16-2-3-17-18(12-16)26-14-25-17/h2-3,12,15H,4-11,13-14H2,1H3. The van der Waals surface area contributed by atoms with Crippen LogP contribution in [0, 0.1) is 0 Å². The Hall–Kier alpha value is -1.83. The molecule has 3 aliphatic rings. The van der Waals surface area contributed by atoms with E-state index in [0.29, 0.717) is 33.1 Å². The van der Waals surface area contributed by atoms with Crippen molar-refractivity contribution in [3.63, 3.8) is 0 Å². The third-order valence-electron chi connectivity index (χ3n) is 5.48. The van der Waals surface area contributed by atoms with Crippen LogP contribution in [-0.4, -0.2) is 85.9 Å². The van der Waals surface area contributed by atoms with Crippen molar-refractivity contribution in [2.24, 2.45) is 0 Å². The molecule has 1 atom stereocenters. The lowest BCUT2D eigenvalue weighted by Crippen LogP contribution is -2.55. The lowest BCUT2D eigenvalue weighted by molar-refractivity contribution is -0.141. The third-order valence-corrected chi connectivity index (χ3v) is 5.48. The van der Waals surface area contributed by atoms with E-state index < -0.39 is 0 Å². The average Bonchev–Trinajstić information content (AvgIpc) is 3.16. The SMILES string of the molecule is CC(C(=O)N1CCOCC1)N1CCN(Cc2ccc3c(c2)OCO3)CC1. The first kappa shape index (κ1) is 17.6. The Balaban J connectivity index is 1.27. The number of piperazine rings is 1. The molecule has 0 saturated carbocycles. The summed E-state index contributed by atoms with van der Waals surface area (Å²) in [5.41, 5.74) is 1.24.